The van der Waals surface area contributed by atoms with Crippen LogP contribution in [0.2, 0.25) is 0 Å². The summed E-state index contributed by atoms with van der Waals surface area (Å²) in [6.07, 6.45) is 2.71. The molecule has 0 spiro atoms. The lowest BCUT2D eigenvalue weighted by atomic mass is 9.90. The molecule has 188 valence electrons. The van der Waals surface area contributed by atoms with Gasteiger partial charge >= 0.3 is 0 Å². The summed E-state index contributed by atoms with van der Waals surface area (Å²) < 4.78 is 57.2. The number of hydrogen-bond donors (Lipinski definition) is 1. The predicted molar refractivity (Wildman–Crippen MR) is 124 cm³/mol. The van der Waals surface area contributed by atoms with E-state index in [2.05, 4.69) is 5.32 Å². The van der Waals surface area contributed by atoms with E-state index in [1.54, 1.807) is 0 Å². The number of sulfone groups is 1. The lowest BCUT2D eigenvalue weighted by Crippen LogP contribution is -2.52. The number of benzene rings is 2. The quantitative estimate of drug-likeness (QED) is 0.623. The number of amides is 2. The molecule has 0 aromatic heterocycles. The standard InChI is InChI=1S/C25H28F2N2O5S/c1-3-18-8-10-22(29(18)25(31)15-5-4-6-19(11-15)35(2,32)33)24(30)28-23(16-13-34-14-16)20-9-7-17(26)12-21(20)27/h4-7,9,11-12,16,18,22-23H,3,8,10,13-14H2,1-2H3,(H,28,30)/t18-,22-,23?/m1/s1. The third kappa shape index (κ3) is 5.23. The van der Waals surface area contributed by atoms with Crippen molar-refractivity contribution in [1.82, 2.24) is 10.2 Å². The highest BCUT2D eigenvalue weighted by molar-refractivity contribution is 7.90. The van der Waals surface area contributed by atoms with E-state index in [0.29, 0.717) is 32.5 Å². The second-order valence-corrected chi connectivity index (χ2v) is 11.1. The maximum Gasteiger partial charge on any atom is 0.254 e. The molecule has 2 heterocycles. The minimum Gasteiger partial charge on any atom is -0.381 e. The zero-order chi connectivity index (χ0) is 25.3. The first-order chi connectivity index (χ1) is 16.6. The first-order valence-electron chi connectivity index (χ1n) is 11.6. The van der Waals surface area contributed by atoms with E-state index in [1.165, 1.54) is 35.2 Å². The Morgan fingerprint density at radius 1 is 1.14 bits per heavy atom. The summed E-state index contributed by atoms with van der Waals surface area (Å²) in [4.78, 5) is 28.5. The van der Waals surface area contributed by atoms with Gasteiger partial charge in [-0.05, 0) is 43.5 Å². The van der Waals surface area contributed by atoms with Gasteiger partial charge in [-0.15, -0.1) is 0 Å². The van der Waals surface area contributed by atoms with Crippen molar-refractivity contribution < 1.29 is 31.5 Å². The van der Waals surface area contributed by atoms with Crippen LogP contribution in [0.4, 0.5) is 8.78 Å². The van der Waals surface area contributed by atoms with Crippen LogP contribution in [0, 0.1) is 17.6 Å². The highest BCUT2D eigenvalue weighted by Crippen LogP contribution is 2.33. The molecule has 10 heteroatoms. The van der Waals surface area contributed by atoms with E-state index in [4.69, 9.17) is 4.74 Å². The lowest BCUT2D eigenvalue weighted by molar-refractivity contribution is -0.128. The van der Waals surface area contributed by atoms with Crippen LogP contribution in [0.15, 0.2) is 47.4 Å². The number of likely N-dealkylation sites (tertiary alicyclic amines) is 1. The van der Waals surface area contributed by atoms with Gasteiger partial charge in [-0.1, -0.05) is 19.1 Å². The van der Waals surface area contributed by atoms with Crippen molar-refractivity contribution in [3.63, 3.8) is 0 Å². The van der Waals surface area contributed by atoms with Crippen molar-refractivity contribution in [2.45, 2.75) is 49.2 Å². The number of nitrogens with zero attached hydrogens (tertiary/aromatic N) is 1. The molecular formula is C25H28F2N2O5S. The van der Waals surface area contributed by atoms with Crippen LogP contribution in [0.3, 0.4) is 0 Å². The Bertz CT molecular complexity index is 1230. The van der Waals surface area contributed by atoms with E-state index in [1.807, 2.05) is 6.92 Å². The third-order valence-corrected chi connectivity index (χ3v) is 7.86. The van der Waals surface area contributed by atoms with Crippen molar-refractivity contribution in [3.8, 4) is 0 Å². The van der Waals surface area contributed by atoms with E-state index >= 15 is 0 Å². The molecule has 2 amide bonds. The SMILES string of the molecule is CC[C@@H]1CC[C@H](C(=O)NC(c2ccc(F)cc2F)C2COC2)N1C(=O)c1cccc(S(C)(=O)=O)c1. The number of hydrogen-bond acceptors (Lipinski definition) is 5. The average molecular weight is 507 g/mol. The summed E-state index contributed by atoms with van der Waals surface area (Å²) in [6.45, 7) is 2.57. The van der Waals surface area contributed by atoms with Gasteiger partial charge in [-0.25, -0.2) is 17.2 Å². The molecule has 2 aromatic rings. The molecule has 2 aliphatic rings. The molecular weight excluding hydrogens is 478 g/mol. The number of halogens is 2. The summed E-state index contributed by atoms with van der Waals surface area (Å²) in [5.41, 5.74) is 0.344. The fraction of sp³-hybridized carbons (Fsp3) is 0.440. The van der Waals surface area contributed by atoms with Gasteiger partial charge in [-0.2, -0.15) is 0 Å². The molecule has 2 fully saturated rings. The van der Waals surface area contributed by atoms with Crippen molar-refractivity contribution in [2.24, 2.45) is 5.92 Å². The van der Waals surface area contributed by atoms with E-state index < -0.39 is 45.4 Å². The van der Waals surface area contributed by atoms with Gasteiger partial charge in [0.05, 0.1) is 24.2 Å². The molecule has 4 rings (SSSR count). The molecule has 0 saturated carbocycles. The Morgan fingerprint density at radius 3 is 2.49 bits per heavy atom. The number of nitrogens with one attached hydrogen (secondary N) is 1. The number of rotatable bonds is 7. The van der Waals surface area contributed by atoms with Gasteiger partial charge in [0.25, 0.3) is 5.91 Å². The molecule has 3 atom stereocenters. The molecule has 2 aromatic carbocycles. The monoisotopic (exact) mass is 506 g/mol. The van der Waals surface area contributed by atoms with E-state index in [9.17, 15) is 26.8 Å². The van der Waals surface area contributed by atoms with Crippen LogP contribution in [0.5, 0.6) is 0 Å². The molecule has 0 aliphatic carbocycles. The van der Waals surface area contributed by atoms with Crippen LogP contribution >= 0.6 is 0 Å². The van der Waals surface area contributed by atoms with Crippen molar-refractivity contribution in [1.29, 1.82) is 0 Å². The summed E-state index contributed by atoms with van der Waals surface area (Å²) in [5, 5.41) is 2.88. The molecule has 7 nitrogen and oxygen atoms in total. The number of carbonyl (C=O) groups excluding carboxylic acids is 2. The largest absolute Gasteiger partial charge is 0.381 e. The molecule has 1 N–H and O–H groups in total. The molecule has 2 aliphatic heterocycles. The van der Waals surface area contributed by atoms with Gasteiger partial charge in [0, 0.05) is 35.4 Å². The van der Waals surface area contributed by atoms with Crippen LogP contribution in [0.25, 0.3) is 0 Å². The van der Waals surface area contributed by atoms with Gasteiger partial charge in [0.2, 0.25) is 5.91 Å². The molecule has 2 saturated heterocycles. The second kappa shape index (κ2) is 10.0. The topological polar surface area (TPSA) is 92.8 Å². The Balaban J connectivity index is 1.61. The number of carbonyl (C=O) groups is 2. The van der Waals surface area contributed by atoms with Crippen molar-refractivity contribution in [3.05, 3.63) is 65.2 Å². The highest BCUT2D eigenvalue weighted by Gasteiger charge is 2.42. The maximum absolute atomic E-state index is 14.6. The van der Waals surface area contributed by atoms with E-state index in [-0.39, 0.29) is 28.0 Å². The van der Waals surface area contributed by atoms with Gasteiger partial charge in [-0.3, -0.25) is 9.59 Å². The first kappa shape index (κ1) is 25.2. The van der Waals surface area contributed by atoms with Gasteiger partial charge in [0.15, 0.2) is 9.84 Å². The smallest absolute Gasteiger partial charge is 0.254 e. The fourth-order valence-corrected chi connectivity index (χ4v) is 5.42. The number of ether oxygens (including phenoxy) is 1. The summed E-state index contributed by atoms with van der Waals surface area (Å²) >= 11 is 0. The normalized spacial score (nSPS) is 21.4. The van der Waals surface area contributed by atoms with E-state index in [0.717, 1.165) is 18.4 Å². The lowest BCUT2D eigenvalue weighted by Gasteiger charge is -2.36. The van der Waals surface area contributed by atoms with Crippen molar-refractivity contribution in [2.75, 3.05) is 19.5 Å². The van der Waals surface area contributed by atoms with Crippen LogP contribution in [-0.4, -0.2) is 56.7 Å². The Labute approximate surface area is 203 Å². The minimum atomic E-state index is -3.52. The zero-order valence-electron chi connectivity index (χ0n) is 19.5. The van der Waals surface area contributed by atoms with Crippen molar-refractivity contribution >= 4 is 21.7 Å². The second-order valence-electron chi connectivity index (χ2n) is 9.12. The molecule has 0 bridgehead atoms. The van der Waals surface area contributed by atoms with Crippen LogP contribution in [-0.2, 0) is 19.4 Å². The van der Waals surface area contributed by atoms with Gasteiger partial charge < -0.3 is 15.0 Å². The summed E-state index contributed by atoms with van der Waals surface area (Å²) in [6, 6.07) is 7.26. The molecule has 35 heavy (non-hydrogen) atoms. The highest BCUT2D eigenvalue weighted by atomic mass is 32.2. The fourth-order valence-electron chi connectivity index (χ4n) is 4.76. The third-order valence-electron chi connectivity index (χ3n) is 6.75. The maximum atomic E-state index is 14.6. The molecule has 1 unspecified atom stereocenters. The van der Waals surface area contributed by atoms with Crippen LogP contribution in [0.1, 0.15) is 48.1 Å². The Hall–Kier alpha value is -2.85. The zero-order valence-corrected chi connectivity index (χ0v) is 20.4. The summed E-state index contributed by atoms with van der Waals surface area (Å²) in [5.74, 6) is -2.52. The first-order valence-corrected chi connectivity index (χ1v) is 13.4. The van der Waals surface area contributed by atoms with Gasteiger partial charge in [0.1, 0.15) is 17.7 Å². The Morgan fingerprint density at radius 2 is 1.89 bits per heavy atom. The molecule has 0 radical (unpaired) electrons. The predicted octanol–water partition coefficient (Wildman–Crippen LogP) is 3.26. The minimum absolute atomic E-state index is 0.0217. The Kier molecular flexibility index (Phi) is 7.23. The van der Waals surface area contributed by atoms with Crippen LogP contribution < -0.4 is 5.32 Å². The summed E-state index contributed by atoms with van der Waals surface area (Å²) in [7, 11) is -3.52. The average Bonchev–Trinajstić information content (AvgIpc) is 3.21.